The number of ketones is 1. The maximum Gasteiger partial charge on any atom is 0.269 e. The lowest BCUT2D eigenvalue weighted by Crippen LogP contribution is -2.63. The van der Waals surface area contributed by atoms with Crippen LogP contribution in [0.25, 0.3) is 0 Å². The van der Waals surface area contributed by atoms with Crippen LogP contribution in [-0.2, 0) is 25.6 Å². The summed E-state index contributed by atoms with van der Waals surface area (Å²) in [5.74, 6) is -2.25. The second kappa shape index (κ2) is 14.7. The molecule has 0 fully saturated rings. The number of nitro groups is 1. The fourth-order valence-electron chi connectivity index (χ4n) is 4.48. The predicted octanol–water partition coefficient (Wildman–Crippen LogP) is 2.79. The van der Waals surface area contributed by atoms with Crippen molar-refractivity contribution in [1.29, 1.82) is 0 Å². The van der Waals surface area contributed by atoms with Crippen LogP contribution in [0.2, 0.25) is 0 Å². The molecule has 0 unspecified atom stereocenters. The Morgan fingerprint density at radius 2 is 1.60 bits per heavy atom. The summed E-state index contributed by atoms with van der Waals surface area (Å²) in [5.41, 5.74) is -2.83. The van der Waals surface area contributed by atoms with Crippen LogP contribution >= 0.6 is 0 Å². The molecule has 40 heavy (non-hydrogen) atoms. The first-order valence-corrected chi connectivity index (χ1v) is 13.3. The molecule has 1 rings (SSSR count). The first-order valence-electron chi connectivity index (χ1n) is 13.3. The van der Waals surface area contributed by atoms with Gasteiger partial charge in [-0.05, 0) is 51.0 Å². The number of nitrogens with one attached hydrogen (secondary N) is 3. The Balaban J connectivity index is 3.22. The lowest BCUT2D eigenvalue weighted by atomic mass is 9.86. The van der Waals surface area contributed by atoms with Gasteiger partial charge in [0.25, 0.3) is 5.69 Å². The van der Waals surface area contributed by atoms with E-state index in [2.05, 4.69) is 28.6 Å². The molecule has 0 bridgehead atoms. The molecule has 221 valence electrons. The fraction of sp³-hybridized carbons (Fsp3) is 0.586. The second-order valence-electron chi connectivity index (χ2n) is 11.9. The number of aliphatic hydroxyl groups is 1. The Kier molecular flexibility index (Phi) is 12.6. The van der Waals surface area contributed by atoms with Crippen LogP contribution in [0.4, 0.5) is 5.69 Å². The summed E-state index contributed by atoms with van der Waals surface area (Å²) in [6.45, 7) is 15.3. The van der Waals surface area contributed by atoms with Crippen molar-refractivity contribution in [2.75, 3.05) is 0 Å². The zero-order valence-corrected chi connectivity index (χ0v) is 24.5. The highest BCUT2D eigenvalue weighted by molar-refractivity contribution is 5.97. The van der Waals surface area contributed by atoms with Crippen molar-refractivity contribution in [2.24, 2.45) is 11.8 Å². The molecule has 0 saturated heterocycles. The van der Waals surface area contributed by atoms with Gasteiger partial charge in [0, 0.05) is 24.6 Å². The Hall–Kier alpha value is -3.60. The Bertz CT molecular complexity index is 1090. The molecule has 1 radical (unpaired) electrons. The van der Waals surface area contributed by atoms with Gasteiger partial charge < -0.3 is 21.1 Å². The Morgan fingerprint density at radius 1 is 1.02 bits per heavy atom. The highest BCUT2D eigenvalue weighted by Crippen LogP contribution is 2.22. The average molecular weight is 560 g/mol. The summed E-state index contributed by atoms with van der Waals surface area (Å²) < 4.78 is 0. The first-order chi connectivity index (χ1) is 18.4. The number of nitrogens with zero attached hydrogens (tertiary/aromatic N) is 1. The molecule has 0 aliphatic carbocycles. The number of hydrogen-bond acceptors (Lipinski definition) is 7. The van der Waals surface area contributed by atoms with Crippen LogP contribution < -0.4 is 16.0 Å². The Labute approximate surface area is 236 Å². The van der Waals surface area contributed by atoms with Crippen LogP contribution in [0.15, 0.2) is 30.8 Å². The van der Waals surface area contributed by atoms with Crippen LogP contribution in [0, 0.1) is 28.0 Å². The van der Waals surface area contributed by atoms with Crippen molar-refractivity contribution < 1.29 is 29.2 Å². The van der Waals surface area contributed by atoms with Gasteiger partial charge in [0.05, 0.1) is 23.0 Å². The monoisotopic (exact) mass is 559 g/mol. The second-order valence-corrected chi connectivity index (χ2v) is 11.9. The molecule has 3 atom stereocenters. The standard InChI is InChI=1S/C29H43N4O7/c1-9-24(34)22(13-18(2)3)30-26(36)23(14-19(4)5)31-27(37)29(8,17-28(6,7)38)32-25(35)16-20-11-10-12-21(15-20)33(39)40/h10-12,15,18-19,22-23,38H,1,13-14,16-17H2,2-8H3,(H,30,36)(H,31,37)(H,32,35)/t22-,23-,29-/m0/s1. The molecular weight excluding hydrogens is 516 g/mol. The van der Waals surface area contributed by atoms with Gasteiger partial charge in [0.15, 0.2) is 5.78 Å². The van der Waals surface area contributed by atoms with E-state index in [1.165, 1.54) is 39.0 Å². The molecule has 4 N–H and O–H groups in total. The molecule has 1 aromatic rings. The maximum absolute atomic E-state index is 13.6. The molecule has 0 aliphatic rings. The number of hydrogen-bond donors (Lipinski definition) is 4. The highest BCUT2D eigenvalue weighted by Gasteiger charge is 2.41. The van der Waals surface area contributed by atoms with Crippen LogP contribution in [0.3, 0.4) is 0 Å². The lowest BCUT2D eigenvalue weighted by molar-refractivity contribution is -0.384. The van der Waals surface area contributed by atoms with E-state index in [0.717, 1.165) is 0 Å². The third-order valence-electron chi connectivity index (χ3n) is 6.03. The third kappa shape index (κ3) is 11.6. The molecule has 0 spiro atoms. The van der Waals surface area contributed by atoms with E-state index in [1.807, 2.05) is 27.7 Å². The van der Waals surface area contributed by atoms with E-state index in [9.17, 15) is 34.4 Å². The summed E-state index contributed by atoms with van der Waals surface area (Å²) in [6, 6.07) is 3.70. The van der Waals surface area contributed by atoms with Crippen molar-refractivity contribution in [2.45, 2.75) is 97.4 Å². The van der Waals surface area contributed by atoms with Crippen LogP contribution in [0.1, 0.15) is 73.3 Å². The average Bonchev–Trinajstić information content (AvgIpc) is 2.80. The van der Waals surface area contributed by atoms with Gasteiger partial charge >= 0.3 is 0 Å². The third-order valence-corrected chi connectivity index (χ3v) is 6.03. The van der Waals surface area contributed by atoms with E-state index < -0.39 is 51.7 Å². The van der Waals surface area contributed by atoms with Gasteiger partial charge in [-0.1, -0.05) is 46.4 Å². The molecule has 1 aromatic carbocycles. The number of carbonyl (C=O) groups excluding carboxylic acids is 4. The molecule has 0 saturated carbocycles. The number of carbonyl (C=O) groups is 4. The van der Waals surface area contributed by atoms with Crippen molar-refractivity contribution in [3.63, 3.8) is 0 Å². The van der Waals surface area contributed by atoms with E-state index >= 15 is 0 Å². The minimum atomic E-state index is -1.65. The SMILES string of the molecule is C=[C]C(=O)[C@H](CC(C)C)NC(=O)[C@H](CC(C)C)NC(=O)[C@](C)(CC(C)(C)O)NC(=O)Cc1cccc([N+](=O)[O-])c1. The van der Waals surface area contributed by atoms with E-state index in [0.29, 0.717) is 12.0 Å². The summed E-state index contributed by atoms with van der Waals surface area (Å²) in [6.07, 6.45) is 2.46. The predicted molar refractivity (Wildman–Crippen MR) is 151 cm³/mol. The van der Waals surface area contributed by atoms with Crippen LogP contribution in [-0.4, -0.2) is 56.8 Å². The molecule has 0 aliphatic heterocycles. The summed E-state index contributed by atoms with van der Waals surface area (Å²) in [7, 11) is 0. The number of Topliss-reactive ketones (excluding diaryl/α,β-unsaturated/α-hetero) is 1. The number of non-ortho nitro benzene ring substituents is 1. The largest absolute Gasteiger partial charge is 0.390 e. The normalized spacial score (nSPS) is 14.6. The van der Waals surface area contributed by atoms with Crippen molar-refractivity contribution in [3.8, 4) is 0 Å². The quantitative estimate of drug-likeness (QED) is 0.137. The van der Waals surface area contributed by atoms with Gasteiger partial charge in [-0.15, -0.1) is 0 Å². The van der Waals surface area contributed by atoms with Crippen molar-refractivity contribution in [1.82, 2.24) is 16.0 Å². The Morgan fingerprint density at radius 3 is 2.10 bits per heavy atom. The first kappa shape index (κ1) is 34.4. The topological polar surface area (TPSA) is 168 Å². The van der Waals surface area contributed by atoms with E-state index in [-0.39, 0.29) is 36.8 Å². The minimum Gasteiger partial charge on any atom is -0.390 e. The lowest BCUT2D eigenvalue weighted by Gasteiger charge is -2.36. The summed E-state index contributed by atoms with van der Waals surface area (Å²) >= 11 is 0. The maximum atomic E-state index is 13.6. The van der Waals surface area contributed by atoms with E-state index in [4.69, 9.17) is 0 Å². The van der Waals surface area contributed by atoms with Gasteiger partial charge in [0.1, 0.15) is 11.6 Å². The highest BCUT2D eigenvalue weighted by atomic mass is 16.6. The molecule has 0 heterocycles. The summed E-state index contributed by atoms with van der Waals surface area (Å²) in [5, 5.41) is 29.7. The summed E-state index contributed by atoms with van der Waals surface area (Å²) in [4.78, 5) is 62.7. The molecule has 3 amide bonds. The molecule has 0 aromatic heterocycles. The zero-order valence-electron chi connectivity index (χ0n) is 24.5. The molecule has 11 nitrogen and oxygen atoms in total. The van der Waals surface area contributed by atoms with Crippen molar-refractivity contribution in [3.05, 3.63) is 52.6 Å². The number of benzene rings is 1. The van der Waals surface area contributed by atoms with Crippen LogP contribution in [0.5, 0.6) is 0 Å². The fourth-order valence-corrected chi connectivity index (χ4v) is 4.48. The minimum absolute atomic E-state index is 0.00901. The van der Waals surface area contributed by atoms with Gasteiger partial charge in [-0.25, -0.2) is 0 Å². The zero-order chi connectivity index (χ0) is 30.8. The number of rotatable bonds is 16. The van der Waals surface area contributed by atoms with Gasteiger partial charge in [-0.3, -0.25) is 29.3 Å². The smallest absolute Gasteiger partial charge is 0.269 e. The van der Waals surface area contributed by atoms with Crippen molar-refractivity contribution >= 4 is 29.2 Å². The van der Waals surface area contributed by atoms with Gasteiger partial charge in [0.2, 0.25) is 17.7 Å². The number of nitro benzene ring substituents is 1. The van der Waals surface area contributed by atoms with Gasteiger partial charge in [-0.2, -0.15) is 0 Å². The molecular formula is C29H43N4O7. The van der Waals surface area contributed by atoms with E-state index in [1.54, 1.807) is 6.07 Å². The molecule has 11 heteroatoms. The number of amides is 3.